The molecule has 1 aromatic rings. The van der Waals surface area contributed by atoms with Gasteiger partial charge in [-0.1, -0.05) is 12.8 Å². The van der Waals surface area contributed by atoms with Gasteiger partial charge in [-0.3, -0.25) is 0 Å². The number of benzene rings is 1. The predicted molar refractivity (Wildman–Crippen MR) is 79.5 cm³/mol. The van der Waals surface area contributed by atoms with E-state index in [1.54, 1.807) is 6.07 Å². The van der Waals surface area contributed by atoms with E-state index in [1.807, 2.05) is 6.92 Å². The average molecular weight is 288 g/mol. The van der Waals surface area contributed by atoms with Gasteiger partial charge >= 0.3 is 0 Å². The van der Waals surface area contributed by atoms with Crippen molar-refractivity contribution in [3.05, 3.63) is 29.6 Å². The molecule has 1 spiro atoms. The molecule has 21 heavy (non-hydrogen) atoms. The second kappa shape index (κ2) is 5.65. The molecule has 2 fully saturated rings. The molecule has 0 radical (unpaired) electrons. The lowest BCUT2D eigenvalue weighted by Gasteiger charge is -2.54. The lowest BCUT2D eigenvalue weighted by Crippen LogP contribution is -2.60. The van der Waals surface area contributed by atoms with Crippen molar-refractivity contribution in [2.45, 2.75) is 51.2 Å². The minimum absolute atomic E-state index is 0.205. The highest BCUT2D eigenvalue weighted by molar-refractivity contribution is 5.58. The smallest absolute Gasteiger partial charge is 0.124 e. The Morgan fingerprint density at radius 1 is 1.43 bits per heavy atom. The fraction of sp³-hybridized carbons (Fsp3) is 0.588. The van der Waals surface area contributed by atoms with Crippen molar-refractivity contribution in [2.75, 3.05) is 11.9 Å². The fourth-order valence-electron chi connectivity index (χ4n) is 4.01. The summed E-state index contributed by atoms with van der Waals surface area (Å²) < 4.78 is 19.1. The van der Waals surface area contributed by atoms with Gasteiger partial charge in [0.05, 0.1) is 17.4 Å². The van der Waals surface area contributed by atoms with Gasteiger partial charge in [0.25, 0.3) is 0 Å². The highest BCUT2D eigenvalue weighted by atomic mass is 19.1. The Labute approximate surface area is 125 Å². The van der Waals surface area contributed by atoms with Crippen LogP contribution >= 0.6 is 0 Å². The molecule has 1 N–H and O–H groups in total. The largest absolute Gasteiger partial charge is 0.380 e. The van der Waals surface area contributed by atoms with E-state index in [2.05, 4.69) is 11.4 Å². The zero-order valence-electron chi connectivity index (χ0n) is 12.4. The van der Waals surface area contributed by atoms with E-state index in [4.69, 9.17) is 10.00 Å². The summed E-state index contributed by atoms with van der Waals surface area (Å²) in [4.78, 5) is 0. The third-order valence-electron chi connectivity index (χ3n) is 5.12. The van der Waals surface area contributed by atoms with Crippen molar-refractivity contribution < 1.29 is 9.13 Å². The van der Waals surface area contributed by atoms with E-state index in [0.717, 1.165) is 18.7 Å². The average Bonchev–Trinajstić information content (AvgIpc) is 3.00. The van der Waals surface area contributed by atoms with E-state index >= 15 is 0 Å². The Hall–Kier alpha value is -1.60. The predicted octanol–water partition coefficient (Wildman–Crippen LogP) is 3.85. The lowest BCUT2D eigenvalue weighted by molar-refractivity contribution is -0.114. The van der Waals surface area contributed by atoms with Crippen LogP contribution in [0, 0.1) is 22.6 Å². The summed E-state index contributed by atoms with van der Waals surface area (Å²) in [5.41, 5.74) is 1.32. The molecule has 0 bridgehead atoms. The molecule has 0 aliphatic heterocycles. The van der Waals surface area contributed by atoms with Crippen LogP contribution in [0.5, 0.6) is 0 Å². The number of nitrogens with zero attached hydrogens (tertiary/aromatic N) is 1. The number of rotatable bonds is 4. The number of hydrogen-bond acceptors (Lipinski definition) is 3. The number of nitrogens with one attached hydrogen (secondary N) is 1. The Kier molecular flexibility index (Phi) is 3.86. The van der Waals surface area contributed by atoms with Crippen LogP contribution in [0.2, 0.25) is 0 Å². The third-order valence-corrected chi connectivity index (χ3v) is 5.12. The van der Waals surface area contributed by atoms with Crippen LogP contribution in [0.25, 0.3) is 0 Å². The van der Waals surface area contributed by atoms with Crippen molar-refractivity contribution in [1.29, 1.82) is 5.26 Å². The first-order chi connectivity index (χ1) is 10.2. The number of nitriles is 1. The second-order valence-electron chi connectivity index (χ2n) is 6.12. The number of ether oxygens (including phenoxy) is 1. The van der Waals surface area contributed by atoms with Gasteiger partial charge < -0.3 is 10.1 Å². The van der Waals surface area contributed by atoms with Crippen LogP contribution in [0.3, 0.4) is 0 Å². The number of halogens is 1. The van der Waals surface area contributed by atoms with Crippen LogP contribution in [-0.2, 0) is 4.74 Å². The molecule has 0 heterocycles. The van der Waals surface area contributed by atoms with E-state index < -0.39 is 0 Å². The topological polar surface area (TPSA) is 45.0 Å². The van der Waals surface area contributed by atoms with Gasteiger partial charge in [0.1, 0.15) is 11.9 Å². The monoisotopic (exact) mass is 288 g/mol. The van der Waals surface area contributed by atoms with Crippen LogP contribution in [-0.4, -0.2) is 18.8 Å². The zero-order chi connectivity index (χ0) is 14.9. The SMILES string of the molecule is CCOC1CC(Nc2ccc(F)cc2C#N)C12CCCC2. The summed E-state index contributed by atoms with van der Waals surface area (Å²) in [6, 6.07) is 6.77. The van der Waals surface area contributed by atoms with Crippen molar-refractivity contribution in [3.63, 3.8) is 0 Å². The van der Waals surface area contributed by atoms with Crippen molar-refractivity contribution >= 4 is 5.69 Å². The first-order valence-corrected chi connectivity index (χ1v) is 7.77. The standard InChI is InChI=1S/C17H21FN2O/c1-2-21-16-10-15(17(16)7-3-4-8-17)20-14-6-5-13(18)9-12(14)11-19/h5-6,9,15-16,20H,2-4,7-8,10H2,1H3. The molecule has 4 heteroatoms. The molecule has 0 amide bonds. The van der Waals surface area contributed by atoms with Gasteiger partial charge in [-0.25, -0.2) is 4.39 Å². The van der Waals surface area contributed by atoms with Crippen molar-refractivity contribution in [2.24, 2.45) is 5.41 Å². The van der Waals surface area contributed by atoms with Crippen LogP contribution in [0.4, 0.5) is 10.1 Å². The molecule has 2 unspecified atom stereocenters. The number of hydrogen-bond donors (Lipinski definition) is 1. The molecule has 2 aliphatic rings. The molecular formula is C17H21FN2O. The van der Waals surface area contributed by atoms with Gasteiger partial charge in [-0.15, -0.1) is 0 Å². The maximum absolute atomic E-state index is 13.2. The molecule has 0 aromatic heterocycles. The van der Waals surface area contributed by atoms with Gasteiger partial charge in [0.15, 0.2) is 0 Å². The lowest BCUT2D eigenvalue weighted by atomic mass is 9.60. The molecule has 2 aliphatic carbocycles. The zero-order valence-corrected chi connectivity index (χ0v) is 12.4. The molecule has 112 valence electrons. The summed E-state index contributed by atoms with van der Waals surface area (Å²) in [7, 11) is 0. The van der Waals surface area contributed by atoms with E-state index in [9.17, 15) is 4.39 Å². The Bertz CT molecular complexity index is 560. The first-order valence-electron chi connectivity index (χ1n) is 7.77. The van der Waals surface area contributed by atoms with Crippen LogP contribution in [0.15, 0.2) is 18.2 Å². The first kappa shape index (κ1) is 14.3. The maximum atomic E-state index is 13.2. The third kappa shape index (κ3) is 2.40. The minimum atomic E-state index is -0.367. The van der Waals surface area contributed by atoms with E-state index in [0.29, 0.717) is 17.7 Å². The molecule has 3 nitrogen and oxygen atoms in total. The minimum Gasteiger partial charge on any atom is -0.380 e. The molecule has 1 aromatic carbocycles. The Morgan fingerprint density at radius 3 is 2.86 bits per heavy atom. The van der Waals surface area contributed by atoms with Gasteiger partial charge in [-0.05, 0) is 44.4 Å². The van der Waals surface area contributed by atoms with Gasteiger partial charge in [0.2, 0.25) is 0 Å². The van der Waals surface area contributed by atoms with E-state index in [1.165, 1.54) is 37.8 Å². The van der Waals surface area contributed by atoms with Crippen LogP contribution < -0.4 is 5.32 Å². The second-order valence-corrected chi connectivity index (χ2v) is 6.12. The summed E-state index contributed by atoms with van der Waals surface area (Å²) in [6.07, 6.45) is 6.15. The Balaban J connectivity index is 1.78. The molecule has 2 saturated carbocycles. The van der Waals surface area contributed by atoms with E-state index in [-0.39, 0.29) is 11.2 Å². The summed E-state index contributed by atoms with van der Waals surface area (Å²) in [5, 5.41) is 12.6. The highest BCUT2D eigenvalue weighted by Gasteiger charge is 2.56. The summed E-state index contributed by atoms with van der Waals surface area (Å²) in [6.45, 7) is 2.79. The Morgan fingerprint density at radius 2 is 2.19 bits per heavy atom. The van der Waals surface area contributed by atoms with Crippen LogP contribution in [0.1, 0.15) is 44.6 Å². The molecule has 2 atom stereocenters. The molecule has 0 saturated heterocycles. The molecule has 3 rings (SSSR count). The highest BCUT2D eigenvalue weighted by Crippen LogP contribution is 2.55. The van der Waals surface area contributed by atoms with Crippen molar-refractivity contribution in [3.8, 4) is 6.07 Å². The molecular weight excluding hydrogens is 267 g/mol. The normalized spacial score (nSPS) is 26.3. The summed E-state index contributed by atoms with van der Waals surface area (Å²) >= 11 is 0. The summed E-state index contributed by atoms with van der Waals surface area (Å²) in [5.74, 6) is -0.367. The van der Waals surface area contributed by atoms with Gasteiger partial charge in [-0.2, -0.15) is 5.26 Å². The van der Waals surface area contributed by atoms with Gasteiger partial charge in [0, 0.05) is 18.1 Å². The number of anilines is 1. The fourth-order valence-corrected chi connectivity index (χ4v) is 4.01. The maximum Gasteiger partial charge on any atom is 0.124 e. The van der Waals surface area contributed by atoms with Crippen molar-refractivity contribution in [1.82, 2.24) is 0 Å². The quantitative estimate of drug-likeness (QED) is 0.915.